The lowest BCUT2D eigenvalue weighted by atomic mass is 10.1. The minimum atomic E-state index is -0.286. The Bertz CT molecular complexity index is 1060. The molecule has 4 rings (SSSR count). The van der Waals surface area contributed by atoms with E-state index in [1.807, 2.05) is 36.1 Å². The molecule has 3 heterocycles. The minimum absolute atomic E-state index is 0. The number of aromatic nitrogens is 2. The molecule has 1 unspecified atom stereocenters. The summed E-state index contributed by atoms with van der Waals surface area (Å²) in [5, 5.41) is 6.75. The number of guanidine groups is 1. The standard InChI is InChI=1S/C24H29FN6O.HI/c1-3-26-24(30-19-11-14-31(15-19)22-21(25)5-4-12-27-22)28-13-10-20-16-32-23(29-20)18-8-6-17(2)7-9-18;/h4-9,12,16,19H,3,10-11,13-15H2,1-2H3,(H2,26,28,30);1H. The van der Waals surface area contributed by atoms with Gasteiger partial charge in [0.05, 0.1) is 5.69 Å². The third-order valence-corrected chi connectivity index (χ3v) is 5.40. The monoisotopic (exact) mass is 564 g/mol. The van der Waals surface area contributed by atoms with Crippen LogP contribution < -0.4 is 15.5 Å². The summed E-state index contributed by atoms with van der Waals surface area (Å²) >= 11 is 0. The number of hydrogen-bond donors (Lipinski definition) is 2. The fourth-order valence-electron chi connectivity index (χ4n) is 3.73. The predicted octanol–water partition coefficient (Wildman–Crippen LogP) is 4.18. The van der Waals surface area contributed by atoms with E-state index in [-0.39, 0.29) is 35.8 Å². The Labute approximate surface area is 210 Å². The van der Waals surface area contributed by atoms with Crippen molar-refractivity contribution in [1.29, 1.82) is 0 Å². The van der Waals surface area contributed by atoms with E-state index < -0.39 is 0 Å². The molecule has 1 aliphatic heterocycles. The van der Waals surface area contributed by atoms with Crippen LogP contribution in [0.5, 0.6) is 0 Å². The molecule has 9 heteroatoms. The number of nitrogens with one attached hydrogen (secondary N) is 2. The molecule has 0 amide bonds. The molecule has 1 aromatic carbocycles. The van der Waals surface area contributed by atoms with Gasteiger partial charge in [-0.2, -0.15) is 0 Å². The molecule has 1 aliphatic rings. The Morgan fingerprint density at radius 3 is 2.85 bits per heavy atom. The van der Waals surface area contributed by atoms with Crippen LogP contribution in [0.1, 0.15) is 24.6 Å². The van der Waals surface area contributed by atoms with E-state index in [0.29, 0.717) is 31.2 Å². The zero-order chi connectivity index (χ0) is 22.3. The summed E-state index contributed by atoms with van der Waals surface area (Å²) in [5.74, 6) is 1.51. The molecule has 0 aliphatic carbocycles. The van der Waals surface area contributed by atoms with E-state index in [1.165, 1.54) is 11.6 Å². The topological polar surface area (TPSA) is 78.6 Å². The van der Waals surface area contributed by atoms with Gasteiger partial charge in [-0.05, 0) is 44.5 Å². The van der Waals surface area contributed by atoms with Crippen molar-refractivity contribution in [3.63, 3.8) is 0 Å². The largest absolute Gasteiger partial charge is 0.444 e. The first-order valence-electron chi connectivity index (χ1n) is 11.0. The molecule has 33 heavy (non-hydrogen) atoms. The molecule has 1 atom stereocenters. The van der Waals surface area contributed by atoms with Crippen LogP contribution in [0, 0.1) is 12.7 Å². The molecule has 0 bridgehead atoms. The SMILES string of the molecule is CCNC(=NCCc1coc(-c2ccc(C)cc2)n1)NC1CCN(c2ncccc2F)C1.I. The molecule has 176 valence electrons. The van der Waals surface area contributed by atoms with Crippen LogP contribution in [0.3, 0.4) is 0 Å². The average Bonchev–Trinajstić information content (AvgIpc) is 3.45. The molecule has 0 radical (unpaired) electrons. The summed E-state index contributed by atoms with van der Waals surface area (Å²) < 4.78 is 19.7. The van der Waals surface area contributed by atoms with Gasteiger partial charge in [0, 0.05) is 50.4 Å². The first-order valence-corrected chi connectivity index (χ1v) is 11.0. The number of halogens is 2. The lowest BCUT2D eigenvalue weighted by Crippen LogP contribution is -2.44. The van der Waals surface area contributed by atoms with Crippen molar-refractivity contribution in [3.05, 3.63) is 65.9 Å². The third kappa shape index (κ3) is 6.66. The van der Waals surface area contributed by atoms with Gasteiger partial charge >= 0.3 is 0 Å². The molecule has 1 saturated heterocycles. The summed E-state index contributed by atoms with van der Waals surface area (Å²) in [5.41, 5.74) is 3.04. The lowest BCUT2D eigenvalue weighted by molar-refractivity contribution is 0.572. The molecule has 7 nitrogen and oxygen atoms in total. The summed E-state index contributed by atoms with van der Waals surface area (Å²) in [7, 11) is 0. The fourth-order valence-corrected chi connectivity index (χ4v) is 3.73. The number of aryl methyl sites for hydroxylation is 1. The van der Waals surface area contributed by atoms with Gasteiger partial charge in [0.1, 0.15) is 6.26 Å². The fraction of sp³-hybridized carbons (Fsp3) is 0.375. The number of pyridine rings is 1. The highest BCUT2D eigenvalue weighted by Crippen LogP contribution is 2.21. The van der Waals surface area contributed by atoms with E-state index >= 15 is 0 Å². The van der Waals surface area contributed by atoms with Gasteiger partial charge in [-0.3, -0.25) is 4.99 Å². The summed E-state index contributed by atoms with van der Waals surface area (Å²) in [4.78, 5) is 15.4. The second-order valence-electron chi connectivity index (χ2n) is 7.91. The van der Waals surface area contributed by atoms with Crippen molar-refractivity contribution in [3.8, 4) is 11.5 Å². The average molecular weight is 564 g/mol. The number of anilines is 1. The van der Waals surface area contributed by atoms with E-state index in [9.17, 15) is 4.39 Å². The summed E-state index contributed by atoms with van der Waals surface area (Å²) in [6.45, 7) is 6.87. The predicted molar refractivity (Wildman–Crippen MR) is 140 cm³/mol. The second-order valence-corrected chi connectivity index (χ2v) is 7.91. The molecule has 2 aromatic heterocycles. The van der Waals surface area contributed by atoms with E-state index in [0.717, 1.165) is 36.7 Å². The number of hydrogen-bond acceptors (Lipinski definition) is 5. The number of nitrogens with zero attached hydrogens (tertiary/aromatic N) is 4. The van der Waals surface area contributed by atoms with Gasteiger partial charge in [0.2, 0.25) is 5.89 Å². The maximum absolute atomic E-state index is 14.0. The van der Waals surface area contributed by atoms with Gasteiger partial charge < -0.3 is 20.0 Å². The smallest absolute Gasteiger partial charge is 0.226 e. The van der Waals surface area contributed by atoms with Crippen molar-refractivity contribution in [2.24, 2.45) is 4.99 Å². The maximum atomic E-state index is 14.0. The molecule has 0 saturated carbocycles. The third-order valence-electron chi connectivity index (χ3n) is 5.40. The Morgan fingerprint density at radius 2 is 2.09 bits per heavy atom. The molecule has 1 fully saturated rings. The van der Waals surface area contributed by atoms with Gasteiger partial charge in [-0.25, -0.2) is 14.4 Å². The number of oxazole rings is 1. The Hall–Kier alpha value is -2.69. The van der Waals surface area contributed by atoms with Crippen molar-refractivity contribution < 1.29 is 8.81 Å². The second kappa shape index (κ2) is 12.0. The quantitative estimate of drug-likeness (QED) is 0.255. The van der Waals surface area contributed by atoms with E-state index in [2.05, 4.69) is 32.5 Å². The van der Waals surface area contributed by atoms with Crippen LogP contribution in [0.25, 0.3) is 11.5 Å². The Morgan fingerprint density at radius 1 is 1.27 bits per heavy atom. The Kier molecular flexibility index (Phi) is 9.04. The number of aliphatic imine (C=N–C) groups is 1. The molecule has 3 aromatic rings. The highest BCUT2D eigenvalue weighted by atomic mass is 127. The Balaban J connectivity index is 0.00000306. The van der Waals surface area contributed by atoms with Crippen molar-refractivity contribution in [2.45, 2.75) is 32.7 Å². The zero-order valence-corrected chi connectivity index (χ0v) is 21.3. The van der Waals surface area contributed by atoms with Crippen LogP contribution in [-0.4, -0.2) is 48.1 Å². The van der Waals surface area contributed by atoms with Crippen molar-refractivity contribution in [1.82, 2.24) is 20.6 Å². The van der Waals surface area contributed by atoms with E-state index in [1.54, 1.807) is 18.5 Å². The molecule has 0 spiro atoms. The summed E-state index contributed by atoms with van der Waals surface area (Å²) in [6.07, 6.45) is 4.89. The number of benzene rings is 1. The van der Waals surface area contributed by atoms with Crippen LogP contribution in [0.4, 0.5) is 10.2 Å². The first-order chi connectivity index (χ1) is 15.6. The lowest BCUT2D eigenvalue weighted by Gasteiger charge is -2.19. The van der Waals surface area contributed by atoms with Crippen molar-refractivity contribution in [2.75, 3.05) is 31.1 Å². The first kappa shape index (κ1) is 24.9. The zero-order valence-electron chi connectivity index (χ0n) is 18.9. The number of rotatable bonds is 7. The van der Waals surface area contributed by atoms with Crippen LogP contribution in [0.15, 0.2) is 58.3 Å². The maximum Gasteiger partial charge on any atom is 0.226 e. The molecular formula is C24H30FIN6O. The normalized spacial score (nSPS) is 15.9. The summed E-state index contributed by atoms with van der Waals surface area (Å²) in [6, 6.07) is 11.3. The highest BCUT2D eigenvalue weighted by Gasteiger charge is 2.25. The van der Waals surface area contributed by atoms with Gasteiger partial charge in [-0.1, -0.05) is 17.7 Å². The minimum Gasteiger partial charge on any atom is -0.444 e. The highest BCUT2D eigenvalue weighted by molar-refractivity contribution is 14.0. The van der Waals surface area contributed by atoms with E-state index in [4.69, 9.17) is 4.42 Å². The van der Waals surface area contributed by atoms with Gasteiger partial charge in [-0.15, -0.1) is 24.0 Å². The van der Waals surface area contributed by atoms with Gasteiger partial charge in [0.15, 0.2) is 17.6 Å². The van der Waals surface area contributed by atoms with Crippen molar-refractivity contribution >= 4 is 35.8 Å². The van der Waals surface area contributed by atoms with Crippen LogP contribution in [-0.2, 0) is 6.42 Å². The molecular weight excluding hydrogens is 534 g/mol. The molecule has 2 N–H and O–H groups in total. The van der Waals surface area contributed by atoms with Crippen LogP contribution in [0.2, 0.25) is 0 Å². The van der Waals surface area contributed by atoms with Gasteiger partial charge in [0.25, 0.3) is 0 Å². The van der Waals surface area contributed by atoms with Crippen LogP contribution >= 0.6 is 24.0 Å².